The number of hydrogen-bond donors (Lipinski definition) is 2. The van der Waals surface area contributed by atoms with E-state index in [-0.39, 0.29) is 0 Å². The van der Waals surface area contributed by atoms with E-state index in [1.807, 2.05) is 0 Å². The average Bonchev–Trinajstić information content (AvgIpc) is 2.17. The van der Waals surface area contributed by atoms with Crippen molar-refractivity contribution >= 4 is 17.3 Å². The van der Waals surface area contributed by atoms with Gasteiger partial charge in [-0.25, -0.2) is 4.79 Å². The zero-order chi connectivity index (χ0) is 9.84. The number of ether oxygens (including phenoxy) is 1. The summed E-state index contributed by atoms with van der Waals surface area (Å²) in [4.78, 5) is 11.2. The van der Waals surface area contributed by atoms with Crippen molar-refractivity contribution in [1.29, 1.82) is 0 Å². The lowest BCUT2D eigenvalue weighted by atomic mass is 10.1. The van der Waals surface area contributed by atoms with E-state index in [1.54, 1.807) is 25.2 Å². The molecule has 4 nitrogen and oxygen atoms in total. The predicted octanol–water partition coefficient (Wildman–Crippen LogP) is 1.10. The number of carbonyl (C=O) groups is 1. The van der Waals surface area contributed by atoms with Crippen LogP contribution in [0.3, 0.4) is 0 Å². The van der Waals surface area contributed by atoms with Gasteiger partial charge in [0.1, 0.15) is 0 Å². The highest BCUT2D eigenvalue weighted by molar-refractivity contribution is 5.98. The van der Waals surface area contributed by atoms with Gasteiger partial charge in [0.2, 0.25) is 0 Å². The lowest BCUT2D eigenvalue weighted by molar-refractivity contribution is 0.0602. The van der Waals surface area contributed by atoms with E-state index in [2.05, 4.69) is 10.1 Å². The number of para-hydroxylation sites is 1. The fourth-order valence-electron chi connectivity index (χ4n) is 1.07. The van der Waals surface area contributed by atoms with Gasteiger partial charge in [-0.05, 0) is 12.1 Å². The average molecular weight is 180 g/mol. The Hall–Kier alpha value is -1.71. The number of carbonyl (C=O) groups excluding carboxylic acids is 1. The number of rotatable bonds is 2. The fourth-order valence-corrected chi connectivity index (χ4v) is 1.07. The molecule has 4 heteroatoms. The van der Waals surface area contributed by atoms with Crippen LogP contribution in [0.5, 0.6) is 0 Å². The van der Waals surface area contributed by atoms with Crippen molar-refractivity contribution in [2.75, 3.05) is 25.2 Å². The molecule has 0 atom stereocenters. The monoisotopic (exact) mass is 180 g/mol. The Bertz CT molecular complexity index is 323. The van der Waals surface area contributed by atoms with E-state index < -0.39 is 5.97 Å². The first-order chi connectivity index (χ1) is 6.20. The van der Waals surface area contributed by atoms with Crippen molar-refractivity contribution < 1.29 is 9.53 Å². The molecule has 0 heterocycles. The molecule has 1 aromatic carbocycles. The summed E-state index contributed by atoms with van der Waals surface area (Å²) >= 11 is 0. The standard InChI is InChI=1S/C9H12N2O2/c1-11-7-5-3-4-6(8(7)10)9(12)13-2/h3-5,11H,10H2,1-2H3. The predicted molar refractivity (Wildman–Crippen MR) is 51.7 cm³/mol. The summed E-state index contributed by atoms with van der Waals surface area (Å²) in [5, 5.41) is 2.88. The highest BCUT2D eigenvalue weighted by atomic mass is 16.5. The second-order valence-electron chi connectivity index (χ2n) is 2.51. The van der Waals surface area contributed by atoms with Crippen LogP contribution in [0.2, 0.25) is 0 Å². The van der Waals surface area contributed by atoms with Crippen LogP contribution < -0.4 is 11.1 Å². The third-order valence-electron chi connectivity index (χ3n) is 1.78. The summed E-state index contributed by atoms with van der Waals surface area (Å²) in [6.45, 7) is 0. The van der Waals surface area contributed by atoms with Gasteiger partial charge in [0.25, 0.3) is 0 Å². The smallest absolute Gasteiger partial charge is 0.340 e. The van der Waals surface area contributed by atoms with Gasteiger partial charge >= 0.3 is 5.97 Å². The van der Waals surface area contributed by atoms with Gasteiger partial charge in [-0.3, -0.25) is 0 Å². The Morgan fingerprint density at radius 2 is 2.23 bits per heavy atom. The molecular formula is C9H12N2O2. The van der Waals surface area contributed by atoms with Gasteiger partial charge in [-0.2, -0.15) is 0 Å². The van der Waals surface area contributed by atoms with E-state index in [1.165, 1.54) is 7.11 Å². The first-order valence-corrected chi connectivity index (χ1v) is 3.85. The Morgan fingerprint density at radius 1 is 1.54 bits per heavy atom. The maximum atomic E-state index is 11.2. The maximum absolute atomic E-state index is 11.2. The van der Waals surface area contributed by atoms with Crippen molar-refractivity contribution in [3.63, 3.8) is 0 Å². The minimum Gasteiger partial charge on any atom is -0.465 e. The molecule has 0 aromatic heterocycles. The normalized spacial score (nSPS) is 9.38. The third-order valence-corrected chi connectivity index (χ3v) is 1.78. The fraction of sp³-hybridized carbons (Fsp3) is 0.222. The number of methoxy groups -OCH3 is 1. The Balaban J connectivity index is 3.15. The van der Waals surface area contributed by atoms with Crippen LogP contribution in [0.1, 0.15) is 10.4 Å². The minimum atomic E-state index is -0.422. The first kappa shape index (κ1) is 9.38. The van der Waals surface area contributed by atoms with Gasteiger partial charge < -0.3 is 15.8 Å². The highest BCUT2D eigenvalue weighted by Crippen LogP contribution is 2.22. The van der Waals surface area contributed by atoms with Gasteiger partial charge in [0.05, 0.1) is 24.0 Å². The van der Waals surface area contributed by atoms with Crippen LogP contribution in [0.4, 0.5) is 11.4 Å². The van der Waals surface area contributed by atoms with Crippen molar-refractivity contribution in [3.05, 3.63) is 23.8 Å². The summed E-state index contributed by atoms with van der Waals surface area (Å²) in [5.74, 6) is -0.422. The topological polar surface area (TPSA) is 64.3 Å². The summed E-state index contributed by atoms with van der Waals surface area (Å²) in [6.07, 6.45) is 0. The van der Waals surface area contributed by atoms with E-state index in [0.717, 1.165) is 5.69 Å². The molecule has 0 saturated heterocycles. The summed E-state index contributed by atoms with van der Waals surface area (Å²) < 4.78 is 4.57. The second kappa shape index (κ2) is 3.80. The van der Waals surface area contributed by atoms with Crippen LogP contribution >= 0.6 is 0 Å². The number of esters is 1. The van der Waals surface area contributed by atoms with Crippen LogP contribution in [-0.4, -0.2) is 20.1 Å². The van der Waals surface area contributed by atoms with Gasteiger partial charge in [-0.1, -0.05) is 6.07 Å². The molecule has 0 saturated carbocycles. The molecule has 0 aliphatic carbocycles. The van der Waals surface area contributed by atoms with Crippen LogP contribution in [0.25, 0.3) is 0 Å². The lowest BCUT2D eigenvalue weighted by Crippen LogP contribution is -2.07. The molecule has 0 aliphatic rings. The van der Waals surface area contributed by atoms with Crippen molar-refractivity contribution in [2.45, 2.75) is 0 Å². The molecule has 0 bridgehead atoms. The number of nitrogens with one attached hydrogen (secondary N) is 1. The van der Waals surface area contributed by atoms with Crippen molar-refractivity contribution in [3.8, 4) is 0 Å². The van der Waals surface area contributed by atoms with Gasteiger partial charge in [-0.15, -0.1) is 0 Å². The highest BCUT2D eigenvalue weighted by Gasteiger charge is 2.11. The maximum Gasteiger partial charge on any atom is 0.340 e. The van der Waals surface area contributed by atoms with Crippen LogP contribution in [0, 0.1) is 0 Å². The number of anilines is 2. The Morgan fingerprint density at radius 3 is 2.77 bits per heavy atom. The molecule has 0 amide bonds. The van der Waals surface area contributed by atoms with Gasteiger partial charge in [0, 0.05) is 7.05 Å². The molecule has 0 fully saturated rings. The van der Waals surface area contributed by atoms with E-state index in [9.17, 15) is 4.79 Å². The number of nitrogens with two attached hydrogens (primary N) is 1. The summed E-state index contributed by atoms with van der Waals surface area (Å²) in [5.41, 5.74) is 7.23. The van der Waals surface area contributed by atoms with E-state index in [0.29, 0.717) is 11.3 Å². The van der Waals surface area contributed by atoms with E-state index in [4.69, 9.17) is 5.73 Å². The minimum absolute atomic E-state index is 0.384. The molecule has 0 radical (unpaired) electrons. The third kappa shape index (κ3) is 1.72. The summed E-state index contributed by atoms with van der Waals surface area (Å²) in [6, 6.07) is 5.16. The molecule has 0 aliphatic heterocycles. The Kier molecular flexibility index (Phi) is 2.74. The van der Waals surface area contributed by atoms with Gasteiger partial charge in [0.15, 0.2) is 0 Å². The quantitative estimate of drug-likeness (QED) is 0.528. The molecule has 1 aromatic rings. The lowest BCUT2D eigenvalue weighted by Gasteiger charge is -2.08. The molecule has 1 rings (SSSR count). The van der Waals surface area contributed by atoms with Crippen LogP contribution in [0.15, 0.2) is 18.2 Å². The number of nitrogen functional groups attached to an aromatic ring is 1. The first-order valence-electron chi connectivity index (χ1n) is 3.85. The molecule has 0 unspecified atom stereocenters. The Labute approximate surface area is 76.7 Å². The molecule has 3 N–H and O–H groups in total. The van der Waals surface area contributed by atoms with Crippen LogP contribution in [-0.2, 0) is 4.74 Å². The zero-order valence-electron chi connectivity index (χ0n) is 7.63. The van der Waals surface area contributed by atoms with Crippen molar-refractivity contribution in [2.24, 2.45) is 0 Å². The molecular weight excluding hydrogens is 168 g/mol. The second-order valence-corrected chi connectivity index (χ2v) is 2.51. The molecule has 70 valence electrons. The number of benzene rings is 1. The van der Waals surface area contributed by atoms with E-state index >= 15 is 0 Å². The SMILES string of the molecule is CNc1cccc(C(=O)OC)c1N. The van der Waals surface area contributed by atoms with Crippen molar-refractivity contribution in [1.82, 2.24) is 0 Å². The largest absolute Gasteiger partial charge is 0.465 e. The zero-order valence-corrected chi connectivity index (χ0v) is 7.63. The number of hydrogen-bond acceptors (Lipinski definition) is 4. The molecule has 13 heavy (non-hydrogen) atoms. The summed E-state index contributed by atoms with van der Waals surface area (Å²) in [7, 11) is 3.07. The molecule has 0 spiro atoms.